The lowest BCUT2D eigenvalue weighted by atomic mass is 9.89. The third-order valence-electron chi connectivity index (χ3n) is 4.54. The molecule has 4 rings (SSSR count). The summed E-state index contributed by atoms with van der Waals surface area (Å²) in [4.78, 5) is 4.47. The third kappa shape index (κ3) is 2.03. The fourth-order valence-electron chi connectivity index (χ4n) is 3.50. The van der Waals surface area contributed by atoms with E-state index >= 15 is 0 Å². The van der Waals surface area contributed by atoms with E-state index in [9.17, 15) is 5.11 Å². The average Bonchev–Trinajstić information content (AvgIpc) is 2.98. The highest BCUT2D eigenvalue weighted by molar-refractivity contribution is 5.82. The minimum atomic E-state index is -0.493. The minimum absolute atomic E-state index is 0.175. The third-order valence-corrected chi connectivity index (χ3v) is 4.54. The first-order valence-electron chi connectivity index (χ1n) is 7.44. The maximum absolute atomic E-state index is 10.9. The quantitative estimate of drug-likeness (QED) is 0.767. The Balaban J connectivity index is 1.80. The number of rotatable bonds is 2. The number of nitrogens with zero attached hydrogens (tertiary/aromatic N) is 1. The Hall–Kier alpha value is -2.19. The van der Waals surface area contributed by atoms with Crippen molar-refractivity contribution < 1.29 is 5.11 Å². The van der Waals surface area contributed by atoms with Crippen LogP contribution < -0.4 is 0 Å². The SMILES string of the molecule is OC(c1cccc2cccnc12)C1CCc2ccccc21. The predicted octanol–water partition coefficient (Wildman–Crippen LogP) is 4.00. The summed E-state index contributed by atoms with van der Waals surface area (Å²) >= 11 is 0. The van der Waals surface area contributed by atoms with Gasteiger partial charge in [-0.05, 0) is 30.0 Å². The molecule has 0 radical (unpaired) electrons. The summed E-state index contributed by atoms with van der Waals surface area (Å²) in [5, 5.41) is 12.0. The number of pyridine rings is 1. The Bertz CT molecular complexity index is 791. The monoisotopic (exact) mass is 275 g/mol. The number of para-hydroxylation sites is 1. The second kappa shape index (κ2) is 4.97. The number of aliphatic hydroxyl groups excluding tert-OH is 1. The molecule has 0 aliphatic heterocycles. The summed E-state index contributed by atoms with van der Waals surface area (Å²) in [5.41, 5.74) is 4.51. The van der Waals surface area contributed by atoms with Crippen LogP contribution in [0.4, 0.5) is 0 Å². The highest BCUT2D eigenvalue weighted by atomic mass is 16.3. The molecule has 2 aromatic carbocycles. The molecule has 1 aromatic heterocycles. The van der Waals surface area contributed by atoms with Crippen LogP contribution >= 0.6 is 0 Å². The van der Waals surface area contributed by atoms with Gasteiger partial charge in [0.15, 0.2) is 0 Å². The molecule has 0 saturated heterocycles. The molecule has 1 aliphatic rings. The van der Waals surface area contributed by atoms with Crippen LogP contribution in [0.2, 0.25) is 0 Å². The highest BCUT2D eigenvalue weighted by Gasteiger charge is 2.30. The van der Waals surface area contributed by atoms with Crippen LogP contribution in [-0.4, -0.2) is 10.1 Å². The lowest BCUT2D eigenvalue weighted by Crippen LogP contribution is -2.09. The molecular weight excluding hydrogens is 258 g/mol. The molecule has 2 heteroatoms. The molecular formula is C19H17NO. The van der Waals surface area contributed by atoms with Crippen LogP contribution in [0.1, 0.15) is 35.1 Å². The first kappa shape index (κ1) is 12.5. The van der Waals surface area contributed by atoms with Gasteiger partial charge in [-0.2, -0.15) is 0 Å². The van der Waals surface area contributed by atoms with E-state index in [2.05, 4.69) is 29.2 Å². The Labute approximate surface area is 124 Å². The first-order chi connectivity index (χ1) is 10.3. The fraction of sp³-hybridized carbons (Fsp3) is 0.211. The average molecular weight is 275 g/mol. The molecule has 2 atom stereocenters. The van der Waals surface area contributed by atoms with E-state index in [4.69, 9.17) is 0 Å². The zero-order chi connectivity index (χ0) is 14.2. The van der Waals surface area contributed by atoms with Crippen LogP contribution in [0.3, 0.4) is 0 Å². The van der Waals surface area contributed by atoms with E-state index in [-0.39, 0.29) is 5.92 Å². The topological polar surface area (TPSA) is 33.1 Å². The first-order valence-corrected chi connectivity index (χ1v) is 7.44. The summed E-state index contributed by atoms with van der Waals surface area (Å²) in [6.45, 7) is 0. The molecule has 2 unspecified atom stereocenters. The van der Waals surface area contributed by atoms with E-state index in [1.807, 2.05) is 30.3 Å². The van der Waals surface area contributed by atoms with Crippen LogP contribution in [0.15, 0.2) is 60.8 Å². The Morgan fingerprint density at radius 2 is 1.86 bits per heavy atom. The number of benzene rings is 2. The number of hydrogen-bond acceptors (Lipinski definition) is 2. The molecule has 0 amide bonds. The van der Waals surface area contributed by atoms with Crippen molar-refractivity contribution in [3.8, 4) is 0 Å². The summed E-state index contributed by atoms with van der Waals surface area (Å²) in [7, 11) is 0. The lowest BCUT2D eigenvalue weighted by molar-refractivity contribution is 0.146. The molecule has 3 aromatic rings. The smallest absolute Gasteiger partial charge is 0.0879 e. The van der Waals surface area contributed by atoms with Gasteiger partial charge in [0.25, 0.3) is 0 Å². The second-order valence-electron chi connectivity index (χ2n) is 5.71. The zero-order valence-electron chi connectivity index (χ0n) is 11.7. The molecule has 1 heterocycles. The van der Waals surface area contributed by atoms with E-state index < -0.39 is 6.10 Å². The molecule has 104 valence electrons. The van der Waals surface area contributed by atoms with Crippen molar-refractivity contribution in [1.29, 1.82) is 0 Å². The number of aliphatic hydroxyl groups is 1. The summed E-state index contributed by atoms with van der Waals surface area (Å²) < 4.78 is 0. The Morgan fingerprint density at radius 3 is 2.81 bits per heavy atom. The van der Waals surface area contributed by atoms with Crippen molar-refractivity contribution in [3.63, 3.8) is 0 Å². The normalized spacial score (nSPS) is 18.6. The van der Waals surface area contributed by atoms with Gasteiger partial charge in [-0.1, -0.05) is 48.5 Å². The van der Waals surface area contributed by atoms with Crippen molar-refractivity contribution in [3.05, 3.63) is 77.5 Å². The Kier molecular flexibility index (Phi) is 2.97. The molecule has 0 saturated carbocycles. The van der Waals surface area contributed by atoms with Crippen molar-refractivity contribution >= 4 is 10.9 Å². The van der Waals surface area contributed by atoms with E-state index in [0.29, 0.717) is 0 Å². The van der Waals surface area contributed by atoms with Gasteiger partial charge in [-0.25, -0.2) is 0 Å². The van der Waals surface area contributed by atoms with Gasteiger partial charge in [-0.15, -0.1) is 0 Å². The van der Waals surface area contributed by atoms with Crippen molar-refractivity contribution in [2.45, 2.75) is 24.9 Å². The van der Waals surface area contributed by atoms with E-state index in [1.165, 1.54) is 11.1 Å². The van der Waals surface area contributed by atoms with Crippen molar-refractivity contribution in [2.24, 2.45) is 0 Å². The van der Waals surface area contributed by atoms with Crippen LogP contribution in [-0.2, 0) is 6.42 Å². The number of aryl methyl sites for hydroxylation is 1. The maximum atomic E-state index is 10.9. The molecule has 21 heavy (non-hydrogen) atoms. The van der Waals surface area contributed by atoms with Gasteiger partial charge in [0.05, 0.1) is 11.6 Å². The van der Waals surface area contributed by atoms with E-state index in [1.54, 1.807) is 6.20 Å². The zero-order valence-corrected chi connectivity index (χ0v) is 11.7. The van der Waals surface area contributed by atoms with Gasteiger partial charge >= 0.3 is 0 Å². The van der Waals surface area contributed by atoms with Crippen molar-refractivity contribution in [1.82, 2.24) is 4.98 Å². The van der Waals surface area contributed by atoms with Gasteiger partial charge < -0.3 is 5.11 Å². The fourth-order valence-corrected chi connectivity index (χ4v) is 3.50. The second-order valence-corrected chi connectivity index (χ2v) is 5.71. The van der Waals surface area contributed by atoms with Gasteiger partial charge in [0, 0.05) is 23.1 Å². The van der Waals surface area contributed by atoms with Gasteiger partial charge in [0.2, 0.25) is 0 Å². The summed E-state index contributed by atoms with van der Waals surface area (Å²) in [6.07, 6.45) is 3.35. The molecule has 0 fully saturated rings. The lowest BCUT2D eigenvalue weighted by Gasteiger charge is -2.20. The number of fused-ring (bicyclic) bond motifs is 2. The predicted molar refractivity (Wildman–Crippen MR) is 84.2 cm³/mol. The number of hydrogen-bond donors (Lipinski definition) is 1. The maximum Gasteiger partial charge on any atom is 0.0879 e. The van der Waals surface area contributed by atoms with Crippen LogP contribution in [0.25, 0.3) is 10.9 Å². The number of aromatic nitrogens is 1. The van der Waals surface area contributed by atoms with Gasteiger partial charge in [-0.3, -0.25) is 4.98 Å². The molecule has 1 aliphatic carbocycles. The van der Waals surface area contributed by atoms with Crippen molar-refractivity contribution in [2.75, 3.05) is 0 Å². The van der Waals surface area contributed by atoms with Gasteiger partial charge in [0.1, 0.15) is 0 Å². The van der Waals surface area contributed by atoms with Crippen LogP contribution in [0, 0.1) is 0 Å². The molecule has 2 nitrogen and oxygen atoms in total. The summed E-state index contributed by atoms with van der Waals surface area (Å²) in [5.74, 6) is 0.175. The minimum Gasteiger partial charge on any atom is -0.388 e. The Morgan fingerprint density at radius 1 is 1.00 bits per heavy atom. The molecule has 0 bridgehead atoms. The standard InChI is InChI=1S/C19H17NO/c21-19(16-11-10-13-5-1-2-8-15(13)16)17-9-3-6-14-7-4-12-20-18(14)17/h1-9,12,16,19,21H,10-11H2. The molecule has 0 spiro atoms. The van der Waals surface area contributed by atoms with E-state index in [0.717, 1.165) is 29.3 Å². The van der Waals surface area contributed by atoms with Crippen LogP contribution in [0.5, 0.6) is 0 Å². The molecule has 1 N–H and O–H groups in total. The highest BCUT2D eigenvalue weighted by Crippen LogP contribution is 2.42. The largest absolute Gasteiger partial charge is 0.388 e. The summed E-state index contributed by atoms with van der Waals surface area (Å²) in [6, 6.07) is 18.5.